The van der Waals surface area contributed by atoms with Crippen LogP contribution in [0.2, 0.25) is 5.02 Å². The first kappa shape index (κ1) is 21.2. The van der Waals surface area contributed by atoms with Crippen molar-refractivity contribution >= 4 is 40.8 Å². The van der Waals surface area contributed by atoms with E-state index in [1.54, 1.807) is 31.2 Å². The van der Waals surface area contributed by atoms with Crippen LogP contribution in [0.5, 0.6) is 0 Å². The summed E-state index contributed by atoms with van der Waals surface area (Å²) < 4.78 is 4.93. The van der Waals surface area contributed by atoms with Crippen LogP contribution >= 0.6 is 11.6 Å². The number of ether oxygens (including phenoxy) is 1. The maximum atomic E-state index is 13.1. The number of nitro groups is 1. The van der Waals surface area contributed by atoms with Crippen LogP contribution < -0.4 is 4.90 Å². The van der Waals surface area contributed by atoms with E-state index < -0.39 is 28.4 Å². The van der Waals surface area contributed by atoms with Crippen molar-refractivity contribution in [2.75, 3.05) is 11.5 Å². The minimum Gasteiger partial charge on any atom is -0.466 e. The molecule has 0 atom stereocenters. The number of hydrogen-bond donors (Lipinski definition) is 0. The van der Waals surface area contributed by atoms with E-state index >= 15 is 0 Å². The first-order chi connectivity index (χ1) is 14.3. The van der Waals surface area contributed by atoms with Gasteiger partial charge in [0.05, 0.1) is 23.6 Å². The van der Waals surface area contributed by atoms with Gasteiger partial charge in [-0.05, 0) is 24.6 Å². The van der Waals surface area contributed by atoms with Gasteiger partial charge in [-0.1, -0.05) is 41.9 Å². The summed E-state index contributed by atoms with van der Waals surface area (Å²) in [5.41, 5.74) is 0.513. The molecule has 2 aromatic carbocycles. The van der Waals surface area contributed by atoms with Crippen molar-refractivity contribution < 1.29 is 24.0 Å². The Hall–Kier alpha value is -3.52. The van der Waals surface area contributed by atoms with Gasteiger partial charge in [0.2, 0.25) is 0 Å². The standard InChI is InChI=1S/C21H17ClN2O6/c1-2-30-19(25)12-16-15(10-13-6-4-3-5-7-13)20(26)23(21(16)27)14-8-9-17(22)18(11-14)24(28)29/h3-9,11H,2,10,12H2,1H3. The Labute approximate surface area is 176 Å². The number of nitro benzene ring substituents is 1. The van der Waals surface area contributed by atoms with E-state index in [1.165, 1.54) is 12.1 Å². The van der Waals surface area contributed by atoms with E-state index in [4.69, 9.17) is 16.3 Å². The summed E-state index contributed by atoms with van der Waals surface area (Å²) >= 11 is 5.84. The van der Waals surface area contributed by atoms with Gasteiger partial charge in [-0.3, -0.25) is 24.5 Å². The summed E-state index contributed by atoms with van der Waals surface area (Å²) in [6.07, 6.45) is -0.237. The van der Waals surface area contributed by atoms with Crippen molar-refractivity contribution in [2.45, 2.75) is 19.8 Å². The van der Waals surface area contributed by atoms with Crippen LogP contribution in [0, 0.1) is 10.1 Å². The zero-order valence-corrected chi connectivity index (χ0v) is 16.7. The van der Waals surface area contributed by atoms with Crippen molar-refractivity contribution in [3.63, 3.8) is 0 Å². The lowest BCUT2D eigenvalue weighted by Gasteiger charge is -2.15. The van der Waals surface area contributed by atoms with Crippen molar-refractivity contribution in [1.82, 2.24) is 0 Å². The number of benzene rings is 2. The molecule has 154 valence electrons. The normalized spacial score (nSPS) is 13.7. The van der Waals surface area contributed by atoms with Gasteiger partial charge in [0.15, 0.2) is 0 Å². The molecule has 0 aliphatic carbocycles. The average molecular weight is 429 g/mol. The van der Waals surface area contributed by atoms with Crippen LogP contribution in [0.1, 0.15) is 18.9 Å². The maximum Gasteiger partial charge on any atom is 0.310 e. The zero-order chi connectivity index (χ0) is 21.8. The third-order valence-corrected chi connectivity index (χ3v) is 4.84. The summed E-state index contributed by atoms with van der Waals surface area (Å²) in [7, 11) is 0. The third kappa shape index (κ3) is 4.23. The van der Waals surface area contributed by atoms with Gasteiger partial charge < -0.3 is 4.74 Å². The number of esters is 1. The SMILES string of the molecule is CCOC(=O)CC1=C(Cc2ccccc2)C(=O)N(c2ccc(Cl)c([N+](=O)[O-])c2)C1=O. The summed E-state index contributed by atoms with van der Waals surface area (Å²) in [6, 6.07) is 12.6. The van der Waals surface area contributed by atoms with Gasteiger partial charge in [-0.2, -0.15) is 0 Å². The summed E-state index contributed by atoms with van der Waals surface area (Å²) in [6.45, 7) is 1.77. The molecule has 0 saturated heterocycles. The molecule has 9 heteroatoms. The molecule has 30 heavy (non-hydrogen) atoms. The molecule has 1 heterocycles. The molecule has 0 aromatic heterocycles. The molecule has 0 spiro atoms. The molecular weight excluding hydrogens is 412 g/mol. The van der Waals surface area contributed by atoms with Gasteiger partial charge in [0.1, 0.15) is 5.02 Å². The smallest absolute Gasteiger partial charge is 0.310 e. The number of imide groups is 1. The minimum absolute atomic E-state index is 0.00511. The van der Waals surface area contributed by atoms with Gasteiger partial charge in [0.25, 0.3) is 17.5 Å². The Balaban J connectivity index is 2.02. The minimum atomic E-state index is -0.712. The van der Waals surface area contributed by atoms with E-state index in [-0.39, 0.29) is 41.3 Å². The Morgan fingerprint density at radius 1 is 1.10 bits per heavy atom. The lowest BCUT2D eigenvalue weighted by molar-refractivity contribution is -0.384. The van der Waals surface area contributed by atoms with Crippen LogP contribution in [0.15, 0.2) is 59.7 Å². The molecule has 2 amide bonds. The third-order valence-electron chi connectivity index (χ3n) is 4.52. The molecule has 2 aromatic rings. The summed E-state index contributed by atoms with van der Waals surface area (Å²) in [5.74, 6) is -1.99. The number of hydrogen-bond acceptors (Lipinski definition) is 6. The fourth-order valence-corrected chi connectivity index (χ4v) is 3.34. The van der Waals surface area contributed by atoms with Gasteiger partial charge in [0, 0.05) is 23.6 Å². The fourth-order valence-electron chi connectivity index (χ4n) is 3.16. The second kappa shape index (κ2) is 8.87. The molecule has 1 aliphatic rings. The predicted octanol–water partition coefficient (Wildman–Crippen LogP) is 3.61. The van der Waals surface area contributed by atoms with Gasteiger partial charge in [-0.15, -0.1) is 0 Å². The van der Waals surface area contributed by atoms with Crippen LogP contribution in [0.25, 0.3) is 0 Å². The van der Waals surface area contributed by atoms with Crippen LogP contribution in [0.3, 0.4) is 0 Å². The van der Waals surface area contributed by atoms with E-state index in [9.17, 15) is 24.5 Å². The van der Waals surface area contributed by atoms with Crippen molar-refractivity contribution in [3.8, 4) is 0 Å². The number of nitrogens with zero attached hydrogens (tertiary/aromatic N) is 2. The van der Waals surface area contributed by atoms with E-state index in [0.29, 0.717) is 0 Å². The molecule has 1 aliphatic heterocycles. The lowest BCUT2D eigenvalue weighted by Crippen LogP contribution is -2.32. The van der Waals surface area contributed by atoms with Crippen LogP contribution in [-0.2, 0) is 25.5 Å². The Kier molecular flexibility index (Phi) is 6.27. The molecule has 0 fully saturated rings. The molecule has 0 saturated carbocycles. The Morgan fingerprint density at radius 3 is 2.40 bits per heavy atom. The van der Waals surface area contributed by atoms with Gasteiger partial charge >= 0.3 is 5.97 Å². The number of anilines is 1. The average Bonchev–Trinajstić information content (AvgIpc) is 2.93. The number of carbonyl (C=O) groups excluding carboxylic acids is 3. The first-order valence-electron chi connectivity index (χ1n) is 9.07. The highest BCUT2D eigenvalue weighted by Crippen LogP contribution is 2.35. The maximum absolute atomic E-state index is 13.1. The van der Waals surface area contributed by atoms with Crippen molar-refractivity contribution in [3.05, 3.63) is 80.4 Å². The van der Waals surface area contributed by atoms with E-state index in [2.05, 4.69) is 0 Å². The van der Waals surface area contributed by atoms with E-state index in [1.807, 2.05) is 6.07 Å². The number of amides is 2. The summed E-state index contributed by atoms with van der Waals surface area (Å²) in [4.78, 5) is 49.6. The molecule has 0 unspecified atom stereocenters. The lowest BCUT2D eigenvalue weighted by atomic mass is 10.00. The number of halogens is 1. The second-order valence-electron chi connectivity index (χ2n) is 6.44. The van der Waals surface area contributed by atoms with Crippen LogP contribution in [0.4, 0.5) is 11.4 Å². The second-order valence-corrected chi connectivity index (χ2v) is 6.85. The van der Waals surface area contributed by atoms with Crippen molar-refractivity contribution in [1.29, 1.82) is 0 Å². The first-order valence-corrected chi connectivity index (χ1v) is 9.45. The fraction of sp³-hybridized carbons (Fsp3) is 0.190. The largest absolute Gasteiger partial charge is 0.466 e. The molecule has 8 nitrogen and oxygen atoms in total. The Morgan fingerprint density at radius 2 is 1.77 bits per heavy atom. The quantitative estimate of drug-likeness (QED) is 0.288. The number of rotatable bonds is 7. The molecule has 3 rings (SSSR count). The highest BCUT2D eigenvalue weighted by atomic mass is 35.5. The molecule has 0 N–H and O–H groups in total. The molecule has 0 bridgehead atoms. The van der Waals surface area contributed by atoms with Crippen LogP contribution in [-0.4, -0.2) is 29.3 Å². The van der Waals surface area contributed by atoms with E-state index in [0.717, 1.165) is 16.5 Å². The highest BCUT2D eigenvalue weighted by molar-refractivity contribution is 6.35. The molecular formula is C21H17ClN2O6. The monoisotopic (exact) mass is 428 g/mol. The number of carbonyl (C=O) groups is 3. The predicted molar refractivity (Wildman–Crippen MR) is 109 cm³/mol. The van der Waals surface area contributed by atoms with Crippen molar-refractivity contribution in [2.24, 2.45) is 0 Å². The highest BCUT2D eigenvalue weighted by Gasteiger charge is 2.40. The molecule has 0 radical (unpaired) electrons. The van der Waals surface area contributed by atoms with Gasteiger partial charge in [-0.25, -0.2) is 4.90 Å². The Bertz CT molecular complexity index is 1060. The summed E-state index contributed by atoms with van der Waals surface area (Å²) in [5, 5.41) is 11.1. The zero-order valence-electron chi connectivity index (χ0n) is 16.0. The topological polar surface area (TPSA) is 107 Å².